The second-order valence-electron chi connectivity index (χ2n) is 7.68. The number of thiophene rings is 1. The maximum Gasteiger partial charge on any atom is 0.262 e. The Morgan fingerprint density at radius 2 is 1.86 bits per heavy atom. The number of fused-ring (bicyclic) bond motifs is 4. The van der Waals surface area contributed by atoms with Crippen molar-refractivity contribution in [2.75, 3.05) is 6.26 Å². The van der Waals surface area contributed by atoms with Gasteiger partial charge in [0.1, 0.15) is 10.7 Å². The number of nitrogens with zero attached hydrogens (tertiary/aromatic N) is 2. The van der Waals surface area contributed by atoms with E-state index in [0.717, 1.165) is 54.7 Å². The molecule has 3 nitrogen and oxygen atoms in total. The first-order chi connectivity index (χ1) is 13.7. The van der Waals surface area contributed by atoms with Crippen molar-refractivity contribution in [3.05, 3.63) is 56.4 Å². The fourth-order valence-electron chi connectivity index (χ4n) is 4.43. The molecule has 28 heavy (non-hydrogen) atoms. The third-order valence-electron chi connectivity index (χ3n) is 5.90. The number of hydrogen-bond acceptors (Lipinski definition) is 4. The smallest absolute Gasteiger partial charge is 0.262 e. The summed E-state index contributed by atoms with van der Waals surface area (Å²) in [5.74, 6) is 0.891. The minimum atomic E-state index is 0.185. The van der Waals surface area contributed by atoms with Gasteiger partial charge >= 0.3 is 0 Å². The summed E-state index contributed by atoms with van der Waals surface area (Å²) < 4.78 is 1.96. The summed E-state index contributed by atoms with van der Waals surface area (Å²) in [6.07, 6.45) is 12.0. The van der Waals surface area contributed by atoms with Crippen LogP contribution in [0.4, 0.5) is 0 Å². The maximum absolute atomic E-state index is 13.4. The van der Waals surface area contributed by atoms with Crippen molar-refractivity contribution in [1.29, 1.82) is 0 Å². The van der Waals surface area contributed by atoms with Crippen molar-refractivity contribution in [2.24, 2.45) is 0 Å². The van der Waals surface area contributed by atoms with Crippen LogP contribution in [0.5, 0.6) is 0 Å². The summed E-state index contributed by atoms with van der Waals surface area (Å²) in [5.41, 5.74) is 3.85. The van der Waals surface area contributed by atoms with Gasteiger partial charge in [0.15, 0.2) is 0 Å². The highest BCUT2D eigenvalue weighted by atomic mass is 32.2. The van der Waals surface area contributed by atoms with Gasteiger partial charge in [-0.15, -0.1) is 23.1 Å². The van der Waals surface area contributed by atoms with Crippen molar-refractivity contribution in [3.63, 3.8) is 0 Å². The Balaban J connectivity index is 1.67. The van der Waals surface area contributed by atoms with Gasteiger partial charge in [0.25, 0.3) is 5.56 Å². The third-order valence-corrected chi connectivity index (χ3v) is 7.83. The normalized spacial score (nSPS) is 18.1. The van der Waals surface area contributed by atoms with Crippen LogP contribution in [0.15, 0.2) is 34.0 Å². The fraction of sp³-hybridized carbons (Fsp3) is 0.391. The molecule has 3 heterocycles. The standard InChI is InChI=1S/C23H24N2OS2/c1-27-17-11-9-15(10-12-17)14-16-6-4-5-13-25-21(16)24-22-20(23(25)26)18-7-2-3-8-19(18)28-22/h9-12,14H,2-8,13H2,1H3. The molecule has 0 bridgehead atoms. The summed E-state index contributed by atoms with van der Waals surface area (Å²) in [6, 6.07) is 8.64. The lowest BCUT2D eigenvalue weighted by molar-refractivity contribution is 0.613. The Hall–Kier alpha value is -1.85. The summed E-state index contributed by atoms with van der Waals surface area (Å²) in [7, 11) is 0. The minimum Gasteiger partial charge on any atom is -0.292 e. The van der Waals surface area contributed by atoms with Crippen LogP contribution in [0.3, 0.4) is 0 Å². The quantitative estimate of drug-likeness (QED) is 0.504. The lowest BCUT2D eigenvalue weighted by atomic mass is 9.97. The molecule has 2 aliphatic rings. The number of thioether (sulfide) groups is 1. The number of benzene rings is 1. The number of hydrogen-bond donors (Lipinski definition) is 0. The lowest BCUT2D eigenvalue weighted by Gasteiger charge is -2.13. The molecule has 0 saturated heterocycles. The van der Waals surface area contributed by atoms with Crippen LogP contribution in [0, 0.1) is 0 Å². The van der Waals surface area contributed by atoms with E-state index in [1.54, 1.807) is 23.1 Å². The van der Waals surface area contributed by atoms with E-state index in [2.05, 4.69) is 36.6 Å². The van der Waals surface area contributed by atoms with Crippen molar-refractivity contribution < 1.29 is 0 Å². The first-order valence-corrected chi connectivity index (χ1v) is 12.2. The Bertz CT molecular complexity index is 1120. The van der Waals surface area contributed by atoms with Crippen molar-refractivity contribution in [1.82, 2.24) is 9.55 Å². The zero-order valence-corrected chi connectivity index (χ0v) is 17.8. The van der Waals surface area contributed by atoms with E-state index in [-0.39, 0.29) is 5.56 Å². The van der Waals surface area contributed by atoms with Gasteiger partial charge in [-0.3, -0.25) is 9.36 Å². The highest BCUT2D eigenvalue weighted by Gasteiger charge is 2.24. The van der Waals surface area contributed by atoms with E-state index >= 15 is 0 Å². The Labute approximate surface area is 173 Å². The zero-order valence-electron chi connectivity index (χ0n) is 16.2. The van der Waals surface area contributed by atoms with E-state index in [0.29, 0.717) is 0 Å². The number of rotatable bonds is 2. The molecular formula is C23H24N2OS2. The van der Waals surface area contributed by atoms with Crippen LogP contribution in [-0.4, -0.2) is 15.8 Å². The third kappa shape index (κ3) is 3.15. The van der Waals surface area contributed by atoms with Crippen molar-refractivity contribution in [3.8, 4) is 0 Å². The van der Waals surface area contributed by atoms with Crippen LogP contribution in [-0.2, 0) is 19.4 Å². The van der Waals surface area contributed by atoms with Gasteiger partial charge in [-0.25, -0.2) is 4.98 Å². The number of allylic oxidation sites excluding steroid dienone is 1. The molecule has 0 amide bonds. The molecule has 0 fully saturated rings. The van der Waals surface area contributed by atoms with E-state index in [1.165, 1.54) is 39.3 Å². The highest BCUT2D eigenvalue weighted by Crippen LogP contribution is 2.35. The lowest BCUT2D eigenvalue weighted by Crippen LogP contribution is -2.24. The largest absolute Gasteiger partial charge is 0.292 e. The average molecular weight is 409 g/mol. The van der Waals surface area contributed by atoms with Crippen LogP contribution in [0.2, 0.25) is 0 Å². The summed E-state index contributed by atoms with van der Waals surface area (Å²) >= 11 is 3.51. The molecule has 0 N–H and O–H groups in total. The van der Waals surface area contributed by atoms with Gasteiger partial charge in [-0.2, -0.15) is 0 Å². The van der Waals surface area contributed by atoms with Crippen LogP contribution in [0.25, 0.3) is 21.9 Å². The topological polar surface area (TPSA) is 34.9 Å². The van der Waals surface area contributed by atoms with Gasteiger partial charge in [0, 0.05) is 16.3 Å². The molecule has 0 spiro atoms. The summed E-state index contributed by atoms with van der Waals surface area (Å²) in [6.45, 7) is 0.782. The van der Waals surface area contributed by atoms with Gasteiger partial charge in [0.2, 0.25) is 0 Å². The molecule has 1 aliphatic carbocycles. The van der Waals surface area contributed by atoms with Crippen LogP contribution in [0.1, 0.15) is 53.9 Å². The zero-order chi connectivity index (χ0) is 19.1. The van der Waals surface area contributed by atoms with E-state index in [9.17, 15) is 4.79 Å². The Morgan fingerprint density at radius 1 is 1.07 bits per heavy atom. The fourth-order valence-corrected chi connectivity index (χ4v) is 6.09. The molecule has 0 saturated carbocycles. The molecule has 0 atom stereocenters. The molecule has 1 aromatic carbocycles. The molecule has 1 aliphatic heterocycles. The molecule has 5 heteroatoms. The van der Waals surface area contributed by atoms with E-state index < -0.39 is 0 Å². The van der Waals surface area contributed by atoms with Gasteiger partial charge in [0.05, 0.1) is 5.39 Å². The van der Waals surface area contributed by atoms with Crippen LogP contribution >= 0.6 is 23.1 Å². The first-order valence-electron chi connectivity index (χ1n) is 10.1. The predicted molar refractivity (Wildman–Crippen MR) is 120 cm³/mol. The van der Waals surface area contributed by atoms with E-state index in [4.69, 9.17) is 4.98 Å². The Morgan fingerprint density at radius 3 is 2.68 bits per heavy atom. The highest BCUT2D eigenvalue weighted by molar-refractivity contribution is 7.98. The van der Waals surface area contributed by atoms with Crippen molar-refractivity contribution >= 4 is 45.0 Å². The first kappa shape index (κ1) is 18.2. The minimum absolute atomic E-state index is 0.185. The second-order valence-corrected chi connectivity index (χ2v) is 9.65. The molecule has 2 aromatic heterocycles. The average Bonchev–Trinajstić information content (AvgIpc) is 2.98. The molecule has 0 unspecified atom stereocenters. The van der Waals surface area contributed by atoms with Crippen LogP contribution < -0.4 is 5.56 Å². The van der Waals surface area contributed by atoms with Crippen molar-refractivity contribution in [2.45, 2.75) is 56.4 Å². The molecule has 3 aromatic rings. The SMILES string of the molecule is CSc1ccc(C=C2CCCCn3c2nc2sc4c(c2c3=O)CCCC4)cc1. The number of aromatic nitrogens is 2. The summed E-state index contributed by atoms with van der Waals surface area (Å²) in [4.78, 5) is 22.1. The molecular weight excluding hydrogens is 384 g/mol. The summed E-state index contributed by atoms with van der Waals surface area (Å²) in [5, 5.41) is 0.911. The van der Waals surface area contributed by atoms with Gasteiger partial charge < -0.3 is 0 Å². The number of aryl methyl sites for hydroxylation is 2. The molecule has 0 radical (unpaired) electrons. The monoisotopic (exact) mass is 408 g/mol. The van der Waals surface area contributed by atoms with Gasteiger partial charge in [-0.1, -0.05) is 12.1 Å². The second kappa shape index (κ2) is 7.53. The maximum atomic E-state index is 13.4. The molecule has 5 rings (SSSR count). The van der Waals surface area contributed by atoms with E-state index in [1.807, 2.05) is 4.57 Å². The Kier molecular flexibility index (Phi) is 4.89. The van der Waals surface area contributed by atoms with Gasteiger partial charge in [-0.05, 0) is 86.1 Å². The predicted octanol–water partition coefficient (Wildman–Crippen LogP) is 5.78. The molecule has 144 valence electrons.